The Kier molecular flexibility index (Phi) is 8.80. The van der Waals surface area contributed by atoms with Gasteiger partial charge in [0.15, 0.2) is 0 Å². The van der Waals surface area contributed by atoms with Crippen LogP contribution in [0.4, 0.5) is 17.1 Å². The minimum absolute atomic E-state index is 0.0459. The van der Waals surface area contributed by atoms with Crippen molar-refractivity contribution in [1.82, 2.24) is 0 Å². The molecule has 2 fully saturated rings. The molecule has 2 aromatic carbocycles. The predicted octanol–water partition coefficient (Wildman–Crippen LogP) is 1.29. The molecule has 8 N–H and O–H groups in total. The Morgan fingerprint density at radius 3 is 2.46 bits per heavy atom. The molecule has 0 spiro atoms. The summed E-state index contributed by atoms with van der Waals surface area (Å²) in [5.41, 5.74) is 30.5. The number of carbonyl (C=O) groups is 1. The van der Waals surface area contributed by atoms with Gasteiger partial charge in [0.25, 0.3) is 0 Å². The van der Waals surface area contributed by atoms with Gasteiger partial charge in [0.05, 0.1) is 12.5 Å². The summed E-state index contributed by atoms with van der Waals surface area (Å²) in [6, 6.07) is 9.67. The van der Waals surface area contributed by atoms with Gasteiger partial charge in [0, 0.05) is 17.9 Å². The van der Waals surface area contributed by atoms with Gasteiger partial charge >= 0.3 is 135 Å². The molecule has 2 aliphatic carbocycles. The third kappa shape index (κ3) is 6.59. The number of allylic oxidation sites excluding steroid dienone is 3. The quantitative estimate of drug-likeness (QED) is 0.0797. The molecule has 0 radical (unpaired) electrons. The zero-order chi connectivity index (χ0) is 27.5. The van der Waals surface area contributed by atoms with Gasteiger partial charge in [0.1, 0.15) is 0 Å². The van der Waals surface area contributed by atoms with Crippen molar-refractivity contribution in [3.8, 4) is 5.75 Å². The zero-order valence-corrected chi connectivity index (χ0v) is 24.4. The van der Waals surface area contributed by atoms with E-state index < -0.39 is 5.92 Å². The molecule has 1 saturated carbocycles. The van der Waals surface area contributed by atoms with Gasteiger partial charge in [-0.25, -0.2) is 0 Å². The molecule has 8 nitrogen and oxygen atoms in total. The number of hydrogen-bond donors (Lipinski definition) is 4. The number of carbonyl (C=O) groups excluding carboxylic acids is 1. The summed E-state index contributed by atoms with van der Waals surface area (Å²) >= 11 is 0.0459. The molecule has 1 saturated heterocycles. The molecule has 1 heterocycles. The van der Waals surface area contributed by atoms with E-state index in [1.807, 2.05) is 49.4 Å². The van der Waals surface area contributed by atoms with Gasteiger partial charge in [-0.05, 0) is 30.5 Å². The van der Waals surface area contributed by atoms with E-state index >= 15 is 0 Å². The number of hydrogen-bond acceptors (Lipinski definition) is 8. The van der Waals surface area contributed by atoms with Gasteiger partial charge in [-0.1, -0.05) is 30.4 Å². The van der Waals surface area contributed by atoms with E-state index in [2.05, 4.69) is 0 Å². The number of rotatable bonds is 9. The standard InChI is InChI=1S/C30H38IN4O4/c1-2-37-16-21-8-7-20(15-24(21)32)17-3-5-19(6-4-17)30(36)39-25-14-13-23(26(33)27(25)34)18-9-11-22(12-10-18)38-29-28(35)31-29/h3-5,7-8,13-15,18-19,22,28-29H,2,6,9-12,16,32-35H2,1H3/q-1/t18?,19?,22?,28-,29-/m0/s1. The molecule has 2 aromatic rings. The maximum atomic E-state index is 13.0. The van der Waals surface area contributed by atoms with Crippen LogP contribution in [0.25, 0.3) is 5.57 Å². The smallest absolute Gasteiger partial charge is 0.0376 e. The summed E-state index contributed by atoms with van der Waals surface area (Å²) in [5, 5.41) is 0. The molecule has 0 amide bonds. The van der Waals surface area contributed by atoms with Gasteiger partial charge in [-0.2, -0.15) is 0 Å². The number of halogens is 1. The second kappa shape index (κ2) is 12.3. The van der Waals surface area contributed by atoms with Crippen LogP contribution in [0.1, 0.15) is 61.6 Å². The Labute approximate surface area is 240 Å². The van der Waals surface area contributed by atoms with Gasteiger partial charge in [-0.15, -0.1) is 0 Å². The average Bonchev–Trinajstić information content (AvgIpc) is 3.65. The zero-order valence-electron chi connectivity index (χ0n) is 22.3. The van der Waals surface area contributed by atoms with Crippen LogP contribution < -0.4 is 48.9 Å². The van der Waals surface area contributed by atoms with Crippen molar-refractivity contribution in [2.75, 3.05) is 23.8 Å². The third-order valence-electron chi connectivity index (χ3n) is 7.72. The van der Waals surface area contributed by atoms with E-state index in [1.54, 1.807) is 6.07 Å². The van der Waals surface area contributed by atoms with E-state index in [1.165, 1.54) is 0 Å². The first-order valence-electron chi connectivity index (χ1n) is 13.6. The molecule has 0 aromatic heterocycles. The summed E-state index contributed by atoms with van der Waals surface area (Å²) in [5.74, 6) is -0.121. The number of esters is 1. The molecule has 210 valence electrons. The molecule has 39 heavy (non-hydrogen) atoms. The van der Waals surface area contributed by atoms with Crippen LogP contribution >= 0.6 is 0 Å². The molecule has 1 unspecified atom stereocenters. The van der Waals surface area contributed by atoms with E-state index in [0.717, 1.165) is 47.9 Å². The SMILES string of the molecule is CCOCc1ccc(C2=CCC(C(=O)Oc3ccc(C4CCC(O[C@@H]5[I-][C@H]5N)CC4)c(N)c3N)C=C2)cc1N. The van der Waals surface area contributed by atoms with Crippen molar-refractivity contribution in [2.45, 2.75) is 65.8 Å². The normalized spacial score (nSPS) is 26.4. The Hall–Kier alpha value is -2.60. The van der Waals surface area contributed by atoms with E-state index in [9.17, 15) is 4.79 Å². The fourth-order valence-corrected chi connectivity index (χ4v) is 6.62. The molecular weight excluding hydrogens is 607 g/mol. The molecular formula is C30H38IN4O4-. The third-order valence-corrected chi connectivity index (χ3v) is 10.2. The molecule has 3 aliphatic rings. The Bertz CT molecular complexity index is 1270. The predicted molar refractivity (Wildman–Crippen MR) is 150 cm³/mol. The maximum Gasteiger partial charge on any atom is 0.0376 e. The molecule has 0 bridgehead atoms. The minimum atomic E-state index is -0.402. The first kappa shape index (κ1) is 27.9. The Morgan fingerprint density at radius 1 is 1.05 bits per heavy atom. The van der Waals surface area contributed by atoms with Crippen molar-refractivity contribution in [2.24, 2.45) is 11.7 Å². The molecule has 9 heteroatoms. The summed E-state index contributed by atoms with van der Waals surface area (Å²) in [7, 11) is 0. The summed E-state index contributed by atoms with van der Waals surface area (Å²) in [6.45, 7) is 3.09. The van der Waals surface area contributed by atoms with Crippen molar-refractivity contribution < 1.29 is 40.2 Å². The van der Waals surface area contributed by atoms with E-state index in [4.69, 9.17) is 37.1 Å². The van der Waals surface area contributed by atoms with Crippen LogP contribution in [0.3, 0.4) is 0 Å². The van der Waals surface area contributed by atoms with Crippen LogP contribution in [-0.2, 0) is 20.9 Å². The fraction of sp³-hybridized carbons (Fsp3) is 0.433. The Morgan fingerprint density at radius 2 is 1.82 bits per heavy atom. The first-order chi connectivity index (χ1) is 18.8. The number of alkyl halides is 2. The van der Waals surface area contributed by atoms with Crippen molar-refractivity contribution in [3.05, 3.63) is 65.3 Å². The van der Waals surface area contributed by atoms with E-state index in [-0.39, 0.29) is 27.2 Å². The van der Waals surface area contributed by atoms with Crippen molar-refractivity contribution >= 4 is 28.6 Å². The summed E-state index contributed by atoms with van der Waals surface area (Å²) in [4.78, 5) is 13.0. The number of nitrogen functional groups attached to an aromatic ring is 3. The van der Waals surface area contributed by atoms with Gasteiger partial charge in [-0.3, -0.25) is 4.79 Å². The van der Waals surface area contributed by atoms with Crippen LogP contribution in [0.5, 0.6) is 5.75 Å². The first-order valence-corrected chi connectivity index (χ1v) is 16.1. The van der Waals surface area contributed by atoms with Gasteiger partial charge < -0.3 is 10.5 Å². The monoisotopic (exact) mass is 645 g/mol. The number of ether oxygens (including phenoxy) is 3. The topological polar surface area (TPSA) is 149 Å². The minimum Gasteiger partial charge on any atom is -0.398 e. The molecule has 1 aliphatic heterocycles. The summed E-state index contributed by atoms with van der Waals surface area (Å²) < 4.78 is 18.0. The second-order valence-corrected chi connectivity index (χ2v) is 13.7. The molecule has 5 rings (SSSR count). The Balaban J connectivity index is 1.16. The van der Waals surface area contributed by atoms with Crippen LogP contribution in [-0.4, -0.2) is 26.8 Å². The number of nitrogens with two attached hydrogens (primary N) is 4. The fourth-order valence-electron chi connectivity index (χ4n) is 5.29. The van der Waals surface area contributed by atoms with Crippen LogP contribution in [0, 0.1) is 5.92 Å². The average molecular weight is 646 g/mol. The van der Waals surface area contributed by atoms with E-state index in [0.29, 0.717) is 62.6 Å². The van der Waals surface area contributed by atoms with Crippen LogP contribution in [0.15, 0.2) is 48.6 Å². The number of anilines is 3. The second-order valence-electron chi connectivity index (χ2n) is 10.3. The number of benzene rings is 2. The van der Waals surface area contributed by atoms with Gasteiger partial charge in [0.2, 0.25) is 0 Å². The maximum absolute atomic E-state index is 13.0. The van der Waals surface area contributed by atoms with Crippen LogP contribution in [0.2, 0.25) is 0 Å². The van der Waals surface area contributed by atoms with Crippen molar-refractivity contribution in [3.63, 3.8) is 0 Å². The van der Waals surface area contributed by atoms with Crippen molar-refractivity contribution in [1.29, 1.82) is 0 Å². The molecule has 3 atom stereocenters. The largest absolute Gasteiger partial charge is 0.398 e. The summed E-state index contributed by atoms with van der Waals surface area (Å²) in [6.07, 6.45) is 10.7.